The van der Waals surface area contributed by atoms with Gasteiger partial charge in [-0.1, -0.05) is 30.3 Å². The molecule has 0 unspecified atom stereocenters. The molecule has 0 saturated carbocycles. The maximum absolute atomic E-state index is 12.6. The summed E-state index contributed by atoms with van der Waals surface area (Å²) in [6.45, 7) is 4.81. The maximum Gasteiger partial charge on any atom is 0.242 e. The smallest absolute Gasteiger partial charge is 0.242 e. The van der Waals surface area contributed by atoms with Gasteiger partial charge in [0.15, 0.2) is 0 Å². The zero-order chi connectivity index (χ0) is 22.7. The van der Waals surface area contributed by atoms with Crippen molar-refractivity contribution in [1.29, 1.82) is 0 Å². The molecule has 0 aliphatic carbocycles. The topological polar surface area (TPSA) is 71.6 Å². The van der Waals surface area contributed by atoms with Gasteiger partial charge < -0.3 is 8.98 Å². The third-order valence-electron chi connectivity index (χ3n) is 5.47. The van der Waals surface area contributed by atoms with E-state index >= 15 is 0 Å². The minimum absolute atomic E-state index is 0.249. The highest BCUT2D eigenvalue weighted by Gasteiger charge is 2.20. The number of rotatable bonds is 9. The highest BCUT2D eigenvalue weighted by atomic mass is 32.2. The van der Waals surface area contributed by atoms with Crippen LogP contribution in [0.25, 0.3) is 11.0 Å². The molecule has 4 aromatic rings. The molecule has 0 saturated heterocycles. The number of fused-ring (bicyclic) bond motifs is 1. The standard InChI is InChI=1S/C24H28N4O3S/c1-4-28-23-13-12-21(32(29,30)26(2)3)15-22(23)25-24(28)18-27(17-20-11-8-14-31-20)16-19-9-6-5-7-10-19/h5-15H,4,16-18H2,1-3H3. The Morgan fingerprint density at radius 3 is 2.41 bits per heavy atom. The Kier molecular flexibility index (Phi) is 6.45. The van der Waals surface area contributed by atoms with Crippen LogP contribution in [0.3, 0.4) is 0 Å². The average molecular weight is 453 g/mol. The third kappa shape index (κ3) is 4.62. The second-order valence-electron chi connectivity index (χ2n) is 7.92. The summed E-state index contributed by atoms with van der Waals surface area (Å²) in [7, 11) is -0.449. The number of imidazole rings is 1. The van der Waals surface area contributed by atoms with E-state index in [9.17, 15) is 8.42 Å². The molecule has 0 fully saturated rings. The molecule has 4 rings (SSSR count). The number of aryl methyl sites for hydroxylation is 1. The monoisotopic (exact) mass is 452 g/mol. The lowest BCUT2D eigenvalue weighted by atomic mass is 10.2. The lowest BCUT2D eigenvalue weighted by Crippen LogP contribution is -2.24. The third-order valence-corrected chi connectivity index (χ3v) is 7.28. The number of benzene rings is 2. The minimum Gasteiger partial charge on any atom is -0.468 e. The Hall–Kier alpha value is -2.94. The zero-order valence-corrected chi connectivity index (χ0v) is 19.4. The molecule has 0 atom stereocenters. The SMILES string of the molecule is CCn1c(CN(Cc2ccccc2)Cc2ccco2)nc2cc(S(=O)(=O)N(C)C)ccc21. The van der Waals surface area contributed by atoms with Crippen molar-refractivity contribution in [3.05, 3.63) is 84.1 Å². The Labute approximate surface area is 188 Å². The fraction of sp³-hybridized carbons (Fsp3) is 0.292. The number of aromatic nitrogens is 2. The second-order valence-corrected chi connectivity index (χ2v) is 10.1. The summed E-state index contributed by atoms with van der Waals surface area (Å²) in [5.74, 6) is 1.78. The first kappa shape index (κ1) is 22.3. The van der Waals surface area contributed by atoms with Crippen molar-refractivity contribution < 1.29 is 12.8 Å². The van der Waals surface area contributed by atoms with Gasteiger partial charge in [-0.2, -0.15) is 0 Å². The Morgan fingerprint density at radius 1 is 0.969 bits per heavy atom. The van der Waals surface area contributed by atoms with Crippen molar-refractivity contribution in [2.75, 3.05) is 14.1 Å². The summed E-state index contributed by atoms with van der Waals surface area (Å²) in [6, 6.07) is 19.3. The molecular weight excluding hydrogens is 424 g/mol. The molecule has 2 aromatic heterocycles. The van der Waals surface area contributed by atoms with E-state index in [2.05, 4.69) is 28.5 Å². The molecule has 0 aliphatic heterocycles. The van der Waals surface area contributed by atoms with Gasteiger partial charge >= 0.3 is 0 Å². The van der Waals surface area contributed by atoms with Crippen molar-refractivity contribution in [3.8, 4) is 0 Å². The molecule has 2 heterocycles. The molecule has 0 spiro atoms. The molecule has 8 heteroatoms. The van der Waals surface area contributed by atoms with Crippen LogP contribution in [-0.4, -0.2) is 41.3 Å². The number of sulfonamides is 1. The first-order valence-corrected chi connectivity index (χ1v) is 12.0. The molecule has 7 nitrogen and oxygen atoms in total. The van der Waals surface area contributed by atoms with Crippen LogP contribution in [0.1, 0.15) is 24.1 Å². The van der Waals surface area contributed by atoms with Crippen LogP contribution < -0.4 is 0 Å². The van der Waals surface area contributed by atoms with Gasteiger partial charge in [0.25, 0.3) is 0 Å². The first-order chi connectivity index (χ1) is 15.4. The molecule has 32 heavy (non-hydrogen) atoms. The summed E-state index contributed by atoms with van der Waals surface area (Å²) in [5.41, 5.74) is 2.82. The van der Waals surface area contributed by atoms with Gasteiger partial charge in [0, 0.05) is 27.2 Å². The van der Waals surface area contributed by atoms with Crippen molar-refractivity contribution >= 4 is 21.1 Å². The molecule has 0 bridgehead atoms. The zero-order valence-electron chi connectivity index (χ0n) is 18.6. The summed E-state index contributed by atoms with van der Waals surface area (Å²) < 4.78 is 34.1. The largest absolute Gasteiger partial charge is 0.468 e. The summed E-state index contributed by atoms with van der Waals surface area (Å²) >= 11 is 0. The van der Waals surface area contributed by atoms with E-state index in [-0.39, 0.29) is 4.90 Å². The molecule has 168 valence electrons. The summed E-state index contributed by atoms with van der Waals surface area (Å²) in [6.07, 6.45) is 1.68. The second kappa shape index (κ2) is 9.28. The molecule has 0 radical (unpaired) electrons. The number of hydrogen-bond donors (Lipinski definition) is 0. The highest BCUT2D eigenvalue weighted by Crippen LogP contribution is 2.24. The van der Waals surface area contributed by atoms with Crippen LogP contribution in [0.4, 0.5) is 0 Å². The van der Waals surface area contributed by atoms with Crippen LogP contribution in [0.2, 0.25) is 0 Å². The highest BCUT2D eigenvalue weighted by molar-refractivity contribution is 7.89. The van der Waals surface area contributed by atoms with Crippen molar-refractivity contribution in [1.82, 2.24) is 18.8 Å². The van der Waals surface area contributed by atoms with Crippen LogP contribution in [0, 0.1) is 0 Å². The van der Waals surface area contributed by atoms with Gasteiger partial charge in [-0.15, -0.1) is 0 Å². The quantitative estimate of drug-likeness (QED) is 0.382. The van der Waals surface area contributed by atoms with Crippen molar-refractivity contribution in [2.45, 2.75) is 38.0 Å². The van der Waals surface area contributed by atoms with E-state index in [4.69, 9.17) is 9.40 Å². The molecule has 0 aliphatic rings. The van der Waals surface area contributed by atoms with E-state index < -0.39 is 10.0 Å². The lowest BCUT2D eigenvalue weighted by Gasteiger charge is -2.21. The van der Waals surface area contributed by atoms with Crippen molar-refractivity contribution in [2.24, 2.45) is 0 Å². The fourth-order valence-electron chi connectivity index (χ4n) is 3.84. The Morgan fingerprint density at radius 2 is 1.75 bits per heavy atom. The van der Waals surface area contributed by atoms with E-state index in [1.165, 1.54) is 24.0 Å². The molecule has 0 amide bonds. The van der Waals surface area contributed by atoms with E-state index in [1.807, 2.05) is 36.4 Å². The molecule has 0 N–H and O–H groups in total. The van der Waals surface area contributed by atoms with Crippen LogP contribution in [0.15, 0.2) is 76.2 Å². The van der Waals surface area contributed by atoms with Gasteiger partial charge in [-0.3, -0.25) is 4.90 Å². The van der Waals surface area contributed by atoms with Crippen LogP contribution in [-0.2, 0) is 36.2 Å². The van der Waals surface area contributed by atoms with Gasteiger partial charge in [0.1, 0.15) is 11.6 Å². The summed E-state index contributed by atoms with van der Waals surface area (Å²) in [5, 5.41) is 0. The summed E-state index contributed by atoms with van der Waals surface area (Å²) in [4.78, 5) is 7.36. The maximum atomic E-state index is 12.6. The number of hydrogen-bond acceptors (Lipinski definition) is 5. The predicted octanol–water partition coefficient (Wildman–Crippen LogP) is 4.10. The van der Waals surface area contributed by atoms with Gasteiger partial charge in [-0.25, -0.2) is 17.7 Å². The Balaban J connectivity index is 1.69. The minimum atomic E-state index is -3.52. The lowest BCUT2D eigenvalue weighted by molar-refractivity contribution is 0.219. The van der Waals surface area contributed by atoms with Gasteiger partial charge in [-0.05, 0) is 42.8 Å². The van der Waals surface area contributed by atoms with E-state index in [0.29, 0.717) is 18.6 Å². The number of nitrogens with zero attached hydrogens (tertiary/aromatic N) is 4. The molecule has 2 aromatic carbocycles. The van der Waals surface area contributed by atoms with Gasteiger partial charge in [0.05, 0.1) is 35.3 Å². The van der Waals surface area contributed by atoms with Crippen LogP contribution >= 0.6 is 0 Å². The van der Waals surface area contributed by atoms with Crippen molar-refractivity contribution in [3.63, 3.8) is 0 Å². The van der Waals surface area contributed by atoms with E-state index in [1.54, 1.807) is 18.4 Å². The predicted molar refractivity (Wildman–Crippen MR) is 124 cm³/mol. The average Bonchev–Trinajstić information content (AvgIpc) is 3.40. The normalized spacial score (nSPS) is 12.3. The number of furan rings is 1. The van der Waals surface area contributed by atoms with Gasteiger partial charge in [0.2, 0.25) is 10.0 Å². The molecular formula is C24H28N4O3S. The van der Waals surface area contributed by atoms with E-state index in [0.717, 1.165) is 30.2 Å². The first-order valence-electron chi connectivity index (χ1n) is 10.6. The Bertz CT molecular complexity index is 1280. The fourth-order valence-corrected chi connectivity index (χ4v) is 4.76. The van der Waals surface area contributed by atoms with Crippen LogP contribution in [0.5, 0.6) is 0 Å².